The van der Waals surface area contributed by atoms with E-state index in [1.807, 2.05) is 6.92 Å². The van der Waals surface area contributed by atoms with Gasteiger partial charge in [-0.25, -0.2) is 4.79 Å². The number of piperidine rings is 1. The number of urea groups is 1. The van der Waals surface area contributed by atoms with Gasteiger partial charge in [0.05, 0.1) is 11.8 Å². The molecule has 3 N–H and O–H groups in total. The van der Waals surface area contributed by atoms with E-state index >= 15 is 0 Å². The summed E-state index contributed by atoms with van der Waals surface area (Å²) in [6, 6.07) is -0.0219. The maximum atomic E-state index is 12.4. The van der Waals surface area contributed by atoms with Crippen LogP contribution in [-0.2, 0) is 9.59 Å². The van der Waals surface area contributed by atoms with Crippen molar-refractivity contribution in [2.24, 2.45) is 23.5 Å². The molecule has 3 atom stereocenters. The van der Waals surface area contributed by atoms with Gasteiger partial charge in [-0.1, -0.05) is 6.92 Å². The van der Waals surface area contributed by atoms with Gasteiger partial charge in [0.2, 0.25) is 5.91 Å². The van der Waals surface area contributed by atoms with Crippen molar-refractivity contribution in [1.29, 1.82) is 0 Å². The van der Waals surface area contributed by atoms with Crippen molar-refractivity contribution in [3.63, 3.8) is 0 Å². The molecule has 118 valence electrons. The summed E-state index contributed by atoms with van der Waals surface area (Å²) in [6.45, 7) is 4.94. The fourth-order valence-electron chi connectivity index (χ4n) is 2.97. The normalized spacial score (nSPS) is 27.9. The van der Waals surface area contributed by atoms with E-state index in [0.29, 0.717) is 19.6 Å². The number of hydrogen-bond acceptors (Lipinski definition) is 3. The predicted octanol–water partition coefficient (Wildman–Crippen LogP) is 0.345. The number of nitrogens with zero attached hydrogens (tertiary/aromatic N) is 2. The zero-order valence-corrected chi connectivity index (χ0v) is 12.5. The lowest BCUT2D eigenvalue weighted by molar-refractivity contribution is -0.145. The molecule has 7 nitrogen and oxygen atoms in total. The number of rotatable bonds is 3. The lowest BCUT2D eigenvalue weighted by Crippen LogP contribution is -2.60. The van der Waals surface area contributed by atoms with Gasteiger partial charge >= 0.3 is 12.0 Å². The van der Waals surface area contributed by atoms with Gasteiger partial charge in [0.15, 0.2) is 0 Å². The molecule has 0 saturated carbocycles. The zero-order valence-electron chi connectivity index (χ0n) is 12.5. The summed E-state index contributed by atoms with van der Waals surface area (Å²) in [7, 11) is 0. The van der Waals surface area contributed by atoms with Crippen LogP contribution in [0.15, 0.2) is 0 Å². The smallest absolute Gasteiger partial charge is 0.320 e. The van der Waals surface area contributed by atoms with Crippen molar-refractivity contribution in [1.82, 2.24) is 9.80 Å². The summed E-state index contributed by atoms with van der Waals surface area (Å²) in [5, 5.41) is 8.96. The minimum Gasteiger partial charge on any atom is -0.481 e. The van der Waals surface area contributed by atoms with E-state index in [1.165, 1.54) is 0 Å². The first-order valence-electron chi connectivity index (χ1n) is 7.39. The van der Waals surface area contributed by atoms with Crippen LogP contribution in [0.5, 0.6) is 0 Å². The quantitative estimate of drug-likeness (QED) is 0.784. The molecule has 7 heteroatoms. The molecule has 0 aromatic heterocycles. The van der Waals surface area contributed by atoms with E-state index in [0.717, 1.165) is 12.8 Å². The van der Waals surface area contributed by atoms with E-state index in [4.69, 9.17) is 10.8 Å². The number of carboxylic acid groups (broad SMARTS) is 1. The third kappa shape index (κ3) is 3.11. The Labute approximate surface area is 124 Å². The van der Waals surface area contributed by atoms with E-state index in [9.17, 15) is 14.4 Å². The molecule has 2 saturated heterocycles. The number of amides is 3. The molecule has 0 aliphatic carbocycles. The van der Waals surface area contributed by atoms with Gasteiger partial charge in [-0.05, 0) is 19.8 Å². The third-order valence-electron chi connectivity index (χ3n) is 4.81. The molecule has 0 bridgehead atoms. The van der Waals surface area contributed by atoms with Gasteiger partial charge in [-0.3, -0.25) is 9.59 Å². The first-order chi connectivity index (χ1) is 9.81. The summed E-state index contributed by atoms with van der Waals surface area (Å²) in [6.07, 6.45) is 1.49. The van der Waals surface area contributed by atoms with Crippen LogP contribution in [0.2, 0.25) is 0 Å². The molecular formula is C14H23N3O4. The maximum Gasteiger partial charge on any atom is 0.320 e. The van der Waals surface area contributed by atoms with Gasteiger partial charge < -0.3 is 20.6 Å². The molecule has 0 aromatic rings. The van der Waals surface area contributed by atoms with Gasteiger partial charge in [0, 0.05) is 31.6 Å². The number of hydrogen-bond donors (Lipinski definition) is 2. The Balaban J connectivity index is 1.91. The molecule has 0 spiro atoms. The lowest BCUT2D eigenvalue weighted by Gasteiger charge is -2.46. The van der Waals surface area contributed by atoms with Gasteiger partial charge in [0.25, 0.3) is 0 Å². The minimum atomic E-state index is -0.827. The molecule has 3 amide bonds. The molecule has 2 aliphatic rings. The first kappa shape index (κ1) is 15.6. The highest BCUT2D eigenvalue weighted by atomic mass is 16.4. The Morgan fingerprint density at radius 3 is 2.33 bits per heavy atom. The molecular weight excluding hydrogens is 274 g/mol. The van der Waals surface area contributed by atoms with Gasteiger partial charge in [-0.2, -0.15) is 0 Å². The van der Waals surface area contributed by atoms with E-state index in [1.54, 1.807) is 16.7 Å². The molecule has 3 unspecified atom stereocenters. The maximum absolute atomic E-state index is 12.4. The van der Waals surface area contributed by atoms with Gasteiger partial charge in [-0.15, -0.1) is 0 Å². The van der Waals surface area contributed by atoms with Crippen LogP contribution >= 0.6 is 0 Å². The Bertz CT molecular complexity index is 448. The number of primary amides is 1. The predicted molar refractivity (Wildman–Crippen MR) is 75.3 cm³/mol. The van der Waals surface area contributed by atoms with E-state index in [-0.39, 0.29) is 29.8 Å². The standard InChI is InChI=1S/C14H23N3O4/c1-8-3-4-10(12(15)18)7-17(8)14(21)16-5-11(6-16)9(2)13(19)20/h8-11H,3-7H2,1-2H3,(H2,15,18)(H,19,20). The van der Waals surface area contributed by atoms with Crippen LogP contribution in [-0.4, -0.2) is 58.5 Å². The molecule has 0 aromatic carbocycles. The zero-order chi connectivity index (χ0) is 15.7. The average molecular weight is 297 g/mol. The Hall–Kier alpha value is -1.79. The number of nitrogens with two attached hydrogens (primary N) is 1. The van der Waals surface area contributed by atoms with Crippen LogP contribution < -0.4 is 5.73 Å². The Morgan fingerprint density at radius 2 is 1.81 bits per heavy atom. The average Bonchev–Trinajstić information content (AvgIpc) is 2.36. The second-order valence-electron chi connectivity index (χ2n) is 6.25. The highest BCUT2D eigenvalue weighted by molar-refractivity contribution is 5.80. The molecule has 2 aliphatic heterocycles. The fourth-order valence-corrected chi connectivity index (χ4v) is 2.97. The van der Waals surface area contributed by atoms with Crippen LogP contribution in [0, 0.1) is 17.8 Å². The van der Waals surface area contributed by atoms with Crippen molar-refractivity contribution in [2.75, 3.05) is 19.6 Å². The number of likely N-dealkylation sites (tertiary alicyclic amines) is 2. The van der Waals surface area contributed by atoms with Crippen LogP contribution in [0.4, 0.5) is 4.79 Å². The summed E-state index contributed by atoms with van der Waals surface area (Å²) in [5.74, 6) is -1.89. The fraction of sp³-hybridized carbons (Fsp3) is 0.786. The van der Waals surface area contributed by atoms with Crippen molar-refractivity contribution in [3.8, 4) is 0 Å². The van der Waals surface area contributed by atoms with Crippen LogP contribution in [0.1, 0.15) is 26.7 Å². The number of carbonyl (C=O) groups is 3. The summed E-state index contributed by atoms with van der Waals surface area (Å²) < 4.78 is 0. The number of carbonyl (C=O) groups excluding carboxylic acids is 2. The molecule has 21 heavy (non-hydrogen) atoms. The second-order valence-corrected chi connectivity index (χ2v) is 6.25. The van der Waals surface area contributed by atoms with Crippen molar-refractivity contribution >= 4 is 17.9 Å². The molecule has 2 fully saturated rings. The molecule has 2 rings (SSSR count). The lowest BCUT2D eigenvalue weighted by atomic mass is 9.87. The van der Waals surface area contributed by atoms with Crippen molar-refractivity contribution < 1.29 is 19.5 Å². The SMILES string of the molecule is CC(C(=O)O)C1CN(C(=O)N2CC(C(N)=O)CCC2C)C1. The third-order valence-corrected chi connectivity index (χ3v) is 4.81. The highest BCUT2D eigenvalue weighted by Crippen LogP contribution is 2.28. The monoisotopic (exact) mass is 297 g/mol. The van der Waals surface area contributed by atoms with Crippen LogP contribution in [0.3, 0.4) is 0 Å². The van der Waals surface area contributed by atoms with Gasteiger partial charge in [0.1, 0.15) is 0 Å². The van der Waals surface area contributed by atoms with Crippen molar-refractivity contribution in [2.45, 2.75) is 32.7 Å². The Kier molecular flexibility index (Phi) is 4.39. The van der Waals surface area contributed by atoms with Crippen LogP contribution in [0.25, 0.3) is 0 Å². The van der Waals surface area contributed by atoms with Crippen molar-refractivity contribution in [3.05, 3.63) is 0 Å². The number of aliphatic carboxylic acids is 1. The minimum absolute atomic E-state index is 0.0125. The number of carboxylic acids is 1. The summed E-state index contributed by atoms with van der Waals surface area (Å²) >= 11 is 0. The highest BCUT2D eigenvalue weighted by Gasteiger charge is 2.41. The van der Waals surface area contributed by atoms with E-state index in [2.05, 4.69) is 0 Å². The summed E-state index contributed by atoms with van der Waals surface area (Å²) in [5.41, 5.74) is 5.34. The largest absolute Gasteiger partial charge is 0.481 e. The Morgan fingerprint density at radius 1 is 1.19 bits per heavy atom. The van der Waals surface area contributed by atoms with E-state index < -0.39 is 11.9 Å². The molecule has 2 heterocycles. The second kappa shape index (κ2) is 5.91. The first-order valence-corrected chi connectivity index (χ1v) is 7.39. The summed E-state index contributed by atoms with van der Waals surface area (Å²) in [4.78, 5) is 38.0. The molecule has 0 radical (unpaired) electrons. The topological polar surface area (TPSA) is 104 Å².